The molecule has 0 amide bonds. The maximum atomic E-state index is 4.37. The van der Waals surface area contributed by atoms with Gasteiger partial charge < -0.3 is 4.57 Å². The summed E-state index contributed by atoms with van der Waals surface area (Å²) in [7, 11) is 0. The van der Waals surface area contributed by atoms with E-state index in [2.05, 4.69) is 52.9 Å². The lowest BCUT2D eigenvalue weighted by Gasteiger charge is -2.20. The molecule has 0 fully saturated rings. The zero-order valence-electron chi connectivity index (χ0n) is 11.1. The smallest absolute Gasteiger partial charge is 0.137 e. The van der Waals surface area contributed by atoms with Crippen molar-refractivity contribution in [1.82, 2.24) is 14.8 Å². The van der Waals surface area contributed by atoms with Crippen molar-refractivity contribution in [3.05, 3.63) is 47.0 Å². The van der Waals surface area contributed by atoms with Gasteiger partial charge in [0.05, 0.1) is 0 Å². The molecule has 2 aromatic rings. The molecule has 0 bridgehead atoms. The van der Waals surface area contributed by atoms with Crippen LogP contribution in [-0.4, -0.2) is 14.8 Å². The maximum Gasteiger partial charge on any atom is 0.137 e. The Morgan fingerprint density at radius 3 is 3.06 bits per heavy atom. The van der Waals surface area contributed by atoms with Gasteiger partial charge in [0.25, 0.3) is 0 Å². The lowest BCUT2D eigenvalue weighted by molar-refractivity contribution is 0.404. The first kappa shape index (κ1) is 11.5. The van der Waals surface area contributed by atoms with Crippen LogP contribution in [-0.2, 0) is 19.4 Å². The molecule has 1 aromatic carbocycles. The average Bonchev–Trinajstić information content (AvgIpc) is 2.72. The van der Waals surface area contributed by atoms with Gasteiger partial charge in [0, 0.05) is 19.4 Å². The van der Waals surface area contributed by atoms with Gasteiger partial charge in [-0.05, 0) is 24.8 Å². The molecule has 94 valence electrons. The molecule has 0 saturated carbocycles. The Kier molecular flexibility index (Phi) is 2.90. The van der Waals surface area contributed by atoms with E-state index in [1.54, 1.807) is 0 Å². The Morgan fingerprint density at radius 1 is 1.33 bits per heavy atom. The molecule has 1 atom stereocenters. The van der Waals surface area contributed by atoms with Crippen LogP contribution in [0.3, 0.4) is 0 Å². The van der Waals surface area contributed by atoms with Gasteiger partial charge in [-0.1, -0.05) is 36.8 Å². The first-order chi connectivity index (χ1) is 8.72. The van der Waals surface area contributed by atoms with E-state index in [4.69, 9.17) is 0 Å². The molecular weight excluding hydrogens is 222 g/mol. The summed E-state index contributed by atoms with van der Waals surface area (Å²) in [5.41, 5.74) is 2.63. The third-order valence-electron chi connectivity index (χ3n) is 3.73. The molecule has 0 spiro atoms. The molecular formula is C15H19N3. The summed E-state index contributed by atoms with van der Waals surface area (Å²) in [6.07, 6.45) is 3.20. The van der Waals surface area contributed by atoms with E-state index in [1.807, 2.05) is 0 Å². The van der Waals surface area contributed by atoms with Crippen molar-refractivity contribution in [3.8, 4) is 0 Å². The number of hydrogen-bond donors (Lipinski definition) is 0. The van der Waals surface area contributed by atoms with E-state index in [9.17, 15) is 0 Å². The molecule has 3 heteroatoms. The van der Waals surface area contributed by atoms with E-state index >= 15 is 0 Å². The summed E-state index contributed by atoms with van der Waals surface area (Å²) in [5.74, 6) is 3.02. The second kappa shape index (κ2) is 4.56. The van der Waals surface area contributed by atoms with Gasteiger partial charge in [-0.25, -0.2) is 0 Å². The van der Waals surface area contributed by atoms with Gasteiger partial charge in [-0.3, -0.25) is 0 Å². The minimum atomic E-state index is 0.744. The van der Waals surface area contributed by atoms with Crippen molar-refractivity contribution in [2.75, 3.05) is 0 Å². The van der Waals surface area contributed by atoms with Crippen molar-refractivity contribution >= 4 is 0 Å². The van der Waals surface area contributed by atoms with Gasteiger partial charge in [-0.15, -0.1) is 10.2 Å². The predicted octanol–water partition coefficient (Wildman–Crippen LogP) is 2.76. The second-order valence-electron chi connectivity index (χ2n) is 5.45. The second-order valence-corrected chi connectivity index (χ2v) is 5.45. The van der Waals surface area contributed by atoms with Crippen LogP contribution >= 0.6 is 0 Å². The van der Waals surface area contributed by atoms with Crippen LogP contribution in [0.15, 0.2) is 24.3 Å². The van der Waals surface area contributed by atoms with Gasteiger partial charge in [-0.2, -0.15) is 0 Å². The summed E-state index contributed by atoms with van der Waals surface area (Å²) >= 11 is 0. The third-order valence-corrected chi connectivity index (χ3v) is 3.73. The molecule has 18 heavy (non-hydrogen) atoms. The average molecular weight is 241 g/mol. The quantitative estimate of drug-likeness (QED) is 0.809. The van der Waals surface area contributed by atoms with Gasteiger partial charge in [0.2, 0.25) is 0 Å². The van der Waals surface area contributed by atoms with Crippen LogP contribution < -0.4 is 0 Å². The minimum Gasteiger partial charge on any atom is -0.315 e. The highest BCUT2D eigenvalue weighted by Gasteiger charge is 2.19. The molecule has 1 aliphatic heterocycles. The highest BCUT2D eigenvalue weighted by molar-refractivity contribution is 5.25. The fourth-order valence-corrected chi connectivity index (χ4v) is 2.68. The lowest BCUT2D eigenvalue weighted by Crippen LogP contribution is -2.19. The van der Waals surface area contributed by atoms with Crippen LogP contribution in [0.4, 0.5) is 0 Å². The van der Waals surface area contributed by atoms with Crippen LogP contribution in [0.2, 0.25) is 0 Å². The van der Waals surface area contributed by atoms with E-state index in [-0.39, 0.29) is 0 Å². The van der Waals surface area contributed by atoms with E-state index in [0.29, 0.717) is 0 Å². The Morgan fingerprint density at radius 2 is 2.22 bits per heavy atom. The van der Waals surface area contributed by atoms with Crippen LogP contribution in [0, 0.1) is 12.8 Å². The fraction of sp³-hybridized carbons (Fsp3) is 0.467. The minimum absolute atomic E-state index is 0.744. The number of benzene rings is 1. The summed E-state index contributed by atoms with van der Waals surface area (Å²) in [4.78, 5) is 0. The van der Waals surface area contributed by atoms with Gasteiger partial charge >= 0.3 is 0 Å². The molecule has 1 unspecified atom stereocenters. The van der Waals surface area contributed by atoms with Gasteiger partial charge in [0.1, 0.15) is 11.6 Å². The Hall–Kier alpha value is -1.64. The standard InChI is InChI=1S/C15H19N3/c1-11-4-3-5-13(8-11)10-15-17-16-14-9-12(2)6-7-18(14)15/h3-5,8,12H,6-7,9-10H2,1-2H3. The molecule has 2 heterocycles. The van der Waals surface area contributed by atoms with Crippen LogP contribution in [0.5, 0.6) is 0 Å². The Labute approximate surface area is 108 Å². The first-order valence-corrected chi connectivity index (χ1v) is 6.69. The number of rotatable bonds is 2. The van der Waals surface area contributed by atoms with Crippen LogP contribution in [0.1, 0.15) is 36.1 Å². The SMILES string of the molecule is Cc1cccc(Cc2nnc3n2CCC(C)C3)c1. The largest absolute Gasteiger partial charge is 0.315 e. The molecule has 0 N–H and O–H groups in total. The normalized spacial score (nSPS) is 18.7. The number of aryl methyl sites for hydroxylation is 1. The van der Waals surface area contributed by atoms with Crippen molar-refractivity contribution in [2.24, 2.45) is 5.92 Å². The summed E-state index contributed by atoms with van der Waals surface area (Å²) in [6, 6.07) is 8.64. The number of hydrogen-bond acceptors (Lipinski definition) is 2. The zero-order valence-corrected chi connectivity index (χ0v) is 11.1. The predicted molar refractivity (Wildman–Crippen MR) is 71.5 cm³/mol. The highest BCUT2D eigenvalue weighted by atomic mass is 15.3. The number of fused-ring (bicyclic) bond motifs is 1. The van der Waals surface area contributed by atoms with Gasteiger partial charge in [0.15, 0.2) is 0 Å². The third kappa shape index (κ3) is 2.17. The van der Waals surface area contributed by atoms with E-state index < -0.39 is 0 Å². The van der Waals surface area contributed by atoms with E-state index in [0.717, 1.165) is 37.0 Å². The molecule has 0 radical (unpaired) electrons. The maximum absolute atomic E-state index is 4.37. The van der Waals surface area contributed by atoms with Crippen molar-refractivity contribution in [1.29, 1.82) is 0 Å². The first-order valence-electron chi connectivity index (χ1n) is 6.69. The molecule has 1 aromatic heterocycles. The molecule has 0 saturated heterocycles. The van der Waals surface area contributed by atoms with Crippen molar-refractivity contribution in [2.45, 2.75) is 39.7 Å². The fourth-order valence-electron chi connectivity index (χ4n) is 2.68. The van der Waals surface area contributed by atoms with E-state index in [1.165, 1.54) is 17.5 Å². The monoisotopic (exact) mass is 241 g/mol. The van der Waals surface area contributed by atoms with Crippen LogP contribution in [0.25, 0.3) is 0 Å². The summed E-state index contributed by atoms with van der Waals surface area (Å²) < 4.78 is 2.31. The molecule has 3 rings (SSSR count). The van der Waals surface area contributed by atoms with Crippen molar-refractivity contribution < 1.29 is 0 Å². The molecule has 1 aliphatic rings. The highest BCUT2D eigenvalue weighted by Crippen LogP contribution is 2.21. The molecule has 3 nitrogen and oxygen atoms in total. The summed E-state index contributed by atoms with van der Waals surface area (Å²) in [5, 5.41) is 8.71. The number of nitrogens with zero attached hydrogens (tertiary/aromatic N) is 3. The van der Waals surface area contributed by atoms with Crippen molar-refractivity contribution in [3.63, 3.8) is 0 Å². The summed E-state index contributed by atoms with van der Waals surface area (Å²) in [6.45, 7) is 5.49. The topological polar surface area (TPSA) is 30.7 Å². The lowest BCUT2D eigenvalue weighted by atomic mass is 10.00. The Bertz CT molecular complexity index is 557. The zero-order chi connectivity index (χ0) is 12.5. The number of aromatic nitrogens is 3. The molecule has 0 aliphatic carbocycles. The Balaban J connectivity index is 1.86.